The quantitative estimate of drug-likeness (QED) is 0.847. The van der Waals surface area contributed by atoms with Gasteiger partial charge in [0.15, 0.2) is 5.82 Å². The molecule has 0 aliphatic carbocycles. The Bertz CT molecular complexity index is 490. The molecule has 0 saturated carbocycles. The van der Waals surface area contributed by atoms with Crippen molar-refractivity contribution >= 4 is 17.2 Å². The van der Waals surface area contributed by atoms with Gasteiger partial charge in [0, 0.05) is 18.9 Å². The Balaban J connectivity index is 2.11. The van der Waals surface area contributed by atoms with E-state index in [1.807, 2.05) is 38.2 Å². The minimum absolute atomic E-state index is 0.626. The summed E-state index contributed by atoms with van der Waals surface area (Å²) in [6.07, 6.45) is 1.76. The first-order chi connectivity index (χ1) is 8.19. The third-order valence-electron chi connectivity index (χ3n) is 2.29. The minimum Gasteiger partial charge on any atom is -0.494 e. The molecule has 2 aromatic rings. The van der Waals surface area contributed by atoms with Crippen molar-refractivity contribution in [3.63, 3.8) is 0 Å². The average Bonchev–Trinajstić information content (AvgIpc) is 2.61. The van der Waals surface area contributed by atoms with Crippen LogP contribution in [0.3, 0.4) is 0 Å². The zero-order valence-corrected chi connectivity index (χ0v) is 9.97. The second-order valence-electron chi connectivity index (χ2n) is 3.69. The Morgan fingerprint density at radius 3 is 2.59 bits per heavy atom. The molecular formula is C12H16N4O. The Hall–Kier alpha value is -2.17. The van der Waals surface area contributed by atoms with Crippen molar-refractivity contribution in [1.82, 2.24) is 9.78 Å². The molecule has 1 heterocycles. The molecule has 2 rings (SSSR count). The van der Waals surface area contributed by atoms with Gasteiger partial charge in [0.2, 0.25) is 0 Å². The Morgan fingerprint density at radius 2 is 2.06 bits per heavy atom. The van der Waals surface area contributed by atoms with Gasteiger partial charge in [-0.1, -0.05) is 0 Å². The summed E-state index contributed by atoms with van der Waals surface area (Å²) in [4.78, 5) is 0. The molecule has 1 aromatic carbocycles. The van der Waals surface area contributed by atoms with Crippen molar-refractivity contribution in [2.75, 3.05) is 17.7 Å². The maximum Gasteiger partial charge on any atom is 0.175 e. The maximum atomic E-state index is 5.80. The number of rotatable bonds is 4. The molecule has 90 valence electrons. The van der Waals surface area contributed by atoms with Crippen LogP contribution in [0.15, 0.2) is 30.5 Å². The van der Waals surface area contributed by atoms with E-state index in [2.05, 4.69) is 10.4 Å². The molecule has 5 heteroatoms. The molecule has 0 spiro atoms. The fraction of sp³-hybridized carbons (Fsp3) is 0.250. The molecule has 0 aliphatic heterocycles. The van der Waals surface area contributed by atoms with E-state index in [-0.39, 0.29) is 0 Å². The molecular weight excluding hydrogens is 216 g/mol. The lowest BCUT2D eigenvalue weighted by atomic mass is 10.3. The van der Waals surface area contributed by atoms with Gasteiger partial charge in [-0.15, -0.1) is 0 Å². The Labute approximate surface area is 100 Å². The summed E-state index contributed by atoms with van der Waals surface area (Å²) in [6, 6.07) is 7.67. The molecule has 1 aromatic heterocycles. The first-order valence-corrected chi connectivity index (χ1v) is 5.48. The van der Waals surface area contributed by atoms with Gasteiger partial charge in [-0.05, 0) is 31.2 Å². The van der Waals surface area contributed by atoms with E-state index in [9.17, 15) is 0 Å². The van der Waals surface area contributed by atoms with Crippen molar-refractivity contribution in [3.05, 3.63) is 30.5 Å². The molecule has 0 atom stereocenters. The van der Waals surface area contributed by atoms with Crippen molar-refractivity contribution in [1.29, 1.82) is 0 Å². The number of nitrogens with one attached hydrogen (secondary N) is 1. The number of hydrogen-bond acceptors (Lipinski definition) is 4. The summed E-state index contributed by atoms with van der Waals surface area (Å²) in [5, 5.41) is 7.36. The zero-order valence-electron chi connectivity index (χ0n) is 9.97. The molecule has 0 fully saturated rings. The molecule has 0 saturated heterocycles. The number of aromatic nitrogens is 2. The summed E-state index contributed by atoms with van der Waals surface area (Å²) in [6.45, 7) is 2.63. The van der Waals surface area contributed by atoms with Gasteiger partial charge in [-0.2, -0.15) is 5.10 Å². The van der Waals surface area contributed by atoms with Crippen LogP contribution in [0, 0.1) is 0 Å². The highest BCUT2D eigenvalue weighted by Crippen LogP contribution is 2.22. The highest BCUT2D eigenvalue weighted by Gasteiger charge is 2.04. The topological polar surface area (TPSA) is 65.1 Å². The fourth-order valence-electron chi connectivity index (χ4n) is 1.54. The lowest BCUT2D eigenvalue weighted by Gasteiger charge is -2.06. The molecule has 0 bridgehead atoms. The lowest BCUT2D eigenvalue weighted by Crippen LogP contribution is -1.96. The molecule has 0 radical (unpaired) electrons. The van der Waals surface area contributed by atoms with Crippen molar-refractivity contribution < 1.29 is 4.74 Å². The predicted molar refractivity (Wildman–Crippen MR) is 68.5 cm³/mol. The molecule has 0 aliphatic rings. The van der Waals surface area contributed by atoms with Crippen LogP contribution in [-0.4, -0.2) is 16.4 Å². The number of ether oxygens (including phenoxy) is 1. The summed E-state index contributed by atoms with van der Waals surface area (Å²) in [7, 11) is 1.83. The summed E-state index contributed by atoms with van der Waals surface area (Å²) >= 11 is 0. The summed E-state index contributed by atoms with van der Waals surface area (Å²) < 4.78 is 7.04. The van der Waals surface area contributed by atoms with E-state index in [1.54, 1.807) is 10.9 Å². The minimum atomic E-state index is 0.626. The summed E-state index contributed by atoms with van der Waals surface area (Å²) in [5.41, 5.74) is 7.35. The van der Waals surface area contributed by atoms with E-state index in [4.69, 9.17) is 10.5 Å². The first-order valence-electron chi connectivity index (χ1n) is 5.48. The third-order valence-corrected chi connectivity index (χ3v) is 2.29. The molecule has 0 unspecified atom stereocenters. The second kappa shape index (κ2) is 4.78. The van der Waals surface area contributed by atoms with Gasteiger partial charge in [0.25, 0.3) is 0 Å². The standard InChI is InChI=1S/C12H16N4O/c1-3-17-10-6-4-9(5-7-10)14-12-11(13)8-16(2)15-12/h4-8H,3,13H2,1-2H3,(H,14,15). The van der Waals surface area contributed by atoms with E-state index in [0.29, 0.717) is 18.1 Å². The van der Waals surface area contributed by atoms with Gasteiger partial charge in [-0.3, -0.25) is 4.68 Å². The van der Waals surface area contributed by atoms with Gasteiger partial charge in [0.1, 0.15) is 5.75 Å². The van der Waals surface area contributed by atoms with Crippen LogP contribution in [-0.2, 0) is 7.05 Å². The lowest BCUT2D eigenvalue weighted by molar-refractivity contribution is 0.340. The van der Waals surface area contributed by atoms with E-state index < -0.39 is 0 Å². The van der Waals surface area contributed by atoms with Crippen LogP contribution in [0.5, 0.6) is 5.75 Å². The fourth-order valence-corrected chi connectivity index (χ4v) is 1.54. The van der Waals surface area contributed by atoms with E-state index in [0.717, 1.165) is 11.4 Å². The van der Waals surface area contributed by atoms with Gasteiger partial charge in [-0.25, -0.2) is 0 Å². The molecule has 5 nitrogen and oxygen atoms in total. The van der Waals surface area contributed by atoms with Crippen LogP contribution in [0.25, 0.3) is 0 Å². The number of hydrogen-bond donors (Lipinski definition) is 2. The smallest absolute Gasteiger partial charge is 0.175 e. The zero-order chi connectivity index (χ0) is 12.3. The van der Waals surface area contributed by atoms with Crippen molar-refractivity contribution in [2.24, 2.45) is 7.05 Å². The number of anilines is 3. The monoisotopic (exact) mass is 232 g/mol. The Kier molecular flexibility index (Phi) is 3.18. The van der Waals surface area contributed by atoms with Gasteiger partial charge < -0.3 is 15.8 Å². The highest BCUT2D eigenvalue weighted by molar-refractivity contribution is 5.68. The van der Waals surface area contributed by atoms with Crippen LogP contribution in [0.1, 0.15) is 6.92 Å². The molecule has 0 amide bonds. The first kappa shape index (κ1) is 11.3. The van der Waals surface area contributed by atoms with Crippen molar-refractivity contribution in [2.45, 2.75) is 6.92 Å². The van der Waals surface area contributed by atoms with Gasteiger partial charge in [0.05, 0.1) is 12.3 Å². The van der Waals surface area contributed by atoms with Crippen LogP contribution < -0.4 is 15.8 Å². The molecule has 17 heavy (non-hydrogen) atoms. The predicted octanol–water partition coefficient (Wildman–Crippen LogP) is 2.14. The number of nitrogens with zero attached hydrogens (tertiary/aromatic N) is 2. The van der Waals surface area contributed by atoms with Crippen LogP contribution in [0.2, 0.25) is 0 Å². The normalized spacial score (nSPS) is 10.2. The van der Waals surface area contributed by atoms with Crippen molar-refractivity contribution in [3.8, 4) is 5.75 Å². The second-order valence-corrected chi connectivity index (χ2v) is 3.69. The van der Waals surface area contributed by atoms with Crippen LogP contribution >= 0.6 is 0 Å². The Morgan fingerprint density at radius 1 is 1.35 bits per heavy atom. The summed E-state index contributed by atoms with van der Waals surface area (Å²) in [5.74, 6) is 1.52. The number of nitrogen functional groups attached to an aromatic ring is 1. The van der Waals surface area contributed by atoms with E-state index >= 15 is 0 Å². The average molecular weight is 232 g/mol. The van der Waals surface area contributed by atoms with Crippen LogP contribution in [0.4, 0.5) is 17.2 Å². The van der Waals surface area contributed by atoms with Gasteiger partial charge >= 0.3 is 0 Å². The van der Waals surface area contributed by atoms with E-state index in [1.165, 1.54) is 0 Å². The number of benzene rings is 1. The molecule has 3 N–H and O–H groups in total. The highest BCUT2D eigenvalue weighted by atomic mass is 16.5. The maximum absolute atomic E-state index is 5.80. The number of aryl methyl sites for hydroxylation is 1. The largest absolute Gasteiger partial charge is 0.494 e. The SMILES string of the molecule is CCOc1ccc(Nc2nn(C)cc2N)cc1. The third kappa shape index (κ3) is 2.69. The number of nitrogens with two attached hydrogens (primary N) is 1.